The van der Waals surface area contributed by atoms with E-state index in [0.717, 1.165) is 13.1 Å². The average Bonchev–Trinajstić information content (AvgIpc) is 2.77. The second kappa shape index (κ2) is 11.9. The molecule has 0 radical (unpaired) electrons. The second-order valence-electron chi connectivity index (χ2n) is 7.80. The van der Waals surface area contributed by atoms with Crippen molar-refractivity contribution in [1.29, 1.82) is 0 Å². The molecule has 3 rings (SSSR count). The number of nitrogens with zero attached hydrogens (tertiary/aromatic N) is 1. The molecule has 10 heteroatoms. The number of carbonyl (C=O) groups is 2. The number of aliphatic hydroxyl groups excluding tert-OH is 1. The molecule has 1 aromatic rings. The number of morpholine rings is 1. The van der Waals surface area contributed by atoms with E-state index in [1.807, 2.05) is 0 Å². The van der Waals surface area contributed by atoms with Crippen molar-refractivity contribution in [3.63, 3.8) is 0 Å². The molecule has 0 aliphatic carbocycles. The van der Waals surface area contributed by atoms with Gasteiger partial charge >= 0.3 is 6.03 Å². The third-order valence-electron chi connectivity index (χ3n) is 5.47. The SMILES string of the molecule is O=C(CN1CCOCC1)NCC[C@H]1CC[C@@H](NC(=O)Nc2ccc(F)cc2)[C@H](CO)O1. The van der Waals surface area contributed by atoms with Crippen LogP contribution in [0.1, 0.15) is 19.3 Å². The van der Waals surface area contributed by atoms with Crippen LogP contribution in [0.4, 0.5) is 14.9 Å². The Kier molecular flexibility index (Phi) is 9.01. The summed E-state index contributed by atoms with van der Waals surface area (Å²) in [5.74, 6) is -0.399. The molecule has 1 aromatic carbocycles. The van der Waals surface area contributed by atoms with Crippen LogP contribution in [0, 0.1) is 5.82 Å². The smallest absolute Gasteiger partial charge is 0.319 e. The summed E-state index contributed by atoms with van der Waals surface area (Å²) in [5, 5.41) is 18.0. The van der Waals surface area contributed by atoms with Gasteiger partial charge in [0.2, 0.25) is 5.91 Å². The van der Waals surface area contributed by atoms with E-state index in [4.69, 9.17) is 9.47 Å². The number of amides is 3. The molecule has 172 valence electrons. The van der Waals surface area contributed by atoms with Crippen molar-refractivity contribution < 1.29 is 28.6 Å². The van der Waals surface area contributed by atoms with E-state index in [2.05, 4.69) is 20.9 Å². The van der Waals surface area contributed by atoms with E-state index in [1.54, 1.807) is 0 Å². The lowest BCUT2D eigenvalue weighted by atomic mass is 9.97. The van der Waals surface area contributed by atoms with Crippen LogP contribution >= 0.6 is 0 Å². The van der Waals surface area contributed by atoms with Gasteiger partial charge in [0.1, 0.15) is 11.9 Å². The van der Waals surface area contributed by atoms with Crippen molar-refractivity contribution in [2.75, 3.05) is 51.3 Å². The summed E-state index contributed by atoms with van der Waals surface area (Å²) in [6.45, 7) is 3.48. The normalized spacial score (nSPS) is 24.4. The predicted octanol–water partition coefficient (Wildman–Crippen LogP) is 0.694. The van der Waals surface area contributed by atoms with Gasteiger partial charge in [-0.25, -0.2) is 9.18 Å². The van der Waals surface area contributed by atoms with Crippen LogP contribution in [-0.4, -0.2) is 86.2 Å². The number of aliphatic hydroxyl groups is 1. The van der Waals surface area contributed by atoms with Crippen molar-refractivity contribution >= 4 is 17.6 Å². The van der Waals surface area contributed by atoms with Crippen LogP contribution in [0.3, 0.4) is 0 Å². The molecule has 2 fully saturated rings. The summed E-state index contributed by atoms with van der Waals surface area (Å²) in [5.41, 5.74) is 0.474. The van der Waals surface area contributed by atoms with Gasteiger partial charge in [-0.2, -0.15) is 0 Å². The highest BCUT2D eigenvalue weighted by atomic mass is 19.1. The highest BCUT2D eigenvalue weighted by Crippen LogP contribution is 2.22. The second-order valence-corrected chi connectivity index (χ2v) is 7.80. The molecule has 0 saturated carbocycles. The largest absolute Gasteiger partial charge is 0.394 e. The summed E-state index contributed by atoms with van der Waals surface area (Å²) in [4.78, 5) is 26.3. The molecule has 0 spiro atoms. The van der Waals surface area contributed by atoms with Crippen LogP contribution in [0.25, 0.3) is 0 Å². The lowest BCUT2D eigenvalue weighted by molar-refractivity contribution is -0.123. The lowest BCUT2D eigenvalue weighted by Crippen LogP contribution is -2.52. The molecule has 2 heterocycles. The topological polar surface area (TPSA) is 112 Å². The minimum absolute atomic E-state index is 0.0200. The molecule has 3 amide bonds. The fourth-order valence-electron chi connectivity index (χ4n) is 3.77. The molecule has 9 nitrogen and oxygen atoms in total. The van der Waals surface area contributed by atoms with Gasteiger partial charge in [0.25, 0.3) is 0 Å². The Labute approximate surface area is 181 Å². The minimum Gasteiger partial charge on any atom is -0.394 e. The molecule has 3 atom stereocenters. The first-order valence-corrected chi connectivity index (χ1v) is 10.7. The van der Waals surface area contributed by atoms with Gasteiger partial charge in [0.05, 0.1) is 38.5 Å². The number of urea groups is 1. The molecule has 2 saturated heterocycles. The van der Waals surface area contributed by atoms with Crippen LogP contribution < -0.4 is 16.0 Å². The molecular weight excluding hydrogens is 407 g/mol. The Bertz CT molecular complexity index is 714. The first kappa shape index (κ1) is 23.4. The van der Waals surface area contributed by atoms with Crippen LogP contribution in [-0.2, 0) is 14.3 Å². The van der Waals surface area contributed by atoms with E-state index in [-0.39, 0.29) is 30.5 Å². The molecule has 0 bridgehead atoms. The van der Waals surface area contributed by atoms with Crippen molar-refractivity contribution in [2.45, 2.75) is 37.5 Å². The summed E-state index contributed by atoms with van der Waals surface area (Å²) in [7, 11) is 0. The Hall–Kier alpha value is -2.27. The number of halogens is 1. The van der Waals surface area contributed by atoms with Gasteiger partial charge in [-0.3, -0.25) is 9.69 Å². The van der Waals surface area contributed by atoms with Crippen molar-refractivity contribution in [3.05, 3.63) is 30.1 Å². The summed E-state index contributed by atoms with van der Waals surface area (Å²) in [6, 6.07) is 4.70. The monoisotopic (exact) mass is 438 g/mol. The standard InChI is InChI=1S/C21H31FN4O5/c22-15-1-3-16(4-2-15)24-21(29)25-18-6-5-17(31-19(18)14-27)7-8-23-20(28)13-26-9-11-30-12-10-26/h1-4,17-19,27H,5-14H2,(H,23,28)(H2,24,25,29)/t17-,18-,19+/m1/s1. The zero-order valence-corrected chi connectivity index (χ0v) is 17.5. The maximum atomic E-state index is 13.0. The highest BCUT2D eigenvalue weighted by molar-refractivity contribution is 5.89. The predicted molar refractivity (Wildman–Crippen MR) is 112 cm³/mol. The number of benzene rings is 1. The summed E-state index contributed by atoms with van der Waals surface area (Å²) >= 11 is 0. The van der Waals surface area contributed by atoms with E-state index in [0.29, 0.717) is 51.3 Å². The maximum absolute atomic E-state index is 13.0. The van der Waals surface area contributed by atoms with E-state index >= 15 is 0 Å². The highest BCUT2D eigenvalue weighted by Gasteiger charge is 2.31. The van der Waals surface area contributed by atoms with Gasteiger partial charge in [0, 0.05) is 25.3 Å². The molecule has 2 aliphatic heterocycles. The number of anilines is 1. The fraction of sp³-hybridized carbons (Fsp3) is 0.619. The Morgan fingerprint density at radius 2 is 1.90 bits per heavy atom. The number of rotatable bonds is 8. The Morgan fingerprint density at radius 3 is 2.61 bits per heavy atom. The maximum Gasteiger partial charge on any atom is 0.319 e. The van der Waals surface area contributed by atoms with Crippen LogP contribution in [0.2, 0.25) is 0 Å². The number of ether oxygens (including phenoxy) is 2. The van der Waals surface area contributed by atoms with Crippen molar-refractivity contribution in [2.24, 2.45) is 0 Å². The molecule has 4 N–H and O–H groups in total. The average molecular weight is 439 g/mol. The number of hydrogen-bond donors (Lipinski definition) is 4. The van der Waals surface area contributed by atoms with Gasteiger partial charge in [-0.1, -0.05) is 0 Å². The van der Waals surface area contributed by atoms with E-state index < -0.39 is 12.1 Å². The molecule has 0 unspecified atom stereocenters. The van der Waals surface area contributed by atoms with Crippen LogP contribution in [0.15, 0.2) is 24.3 Å². The number of hydrogen-bond acceptors (Lipinski definition) is 6. The quantitative estimate of drug-likeness (QED) is 0.475. The molecule has 2 aliphatic rings. The van der Waals surface area contributed by atoms with E-state index in [1.165, 1.54) is 24.3 Å². The summed E-state index contributed by atoms with van der Waals surface area (Å²) in [6.07, 6.45) is 1.37. The Balaban J connectivity index is 1.36. The molecule has 31 heavy (non-hydrogen) atoms. The Morgan fingerprint density at radius 1 is 1.16 bits per heavy atom. The van der Waals surface area contributed by atoms with Gasteiger partial charge in [-0.15, -0.1) is 0 Å². The number of nitrogens with one attached hydrogen (secondary N) is 3. The van der Waals surface area contributed by atoms with Crippen molar-refractivity contribution in [3.8, 4) is 0 Å². The number of carbonyl (C=O) groups excluding carboxylic acids is 2. The lowest BCUT2D eigenvalue weighted by Gasteiger charge is -2.36. The van der Waals surface area contributed by atoms with Crippen LogP contribution in [0.5, 0.6) is 0 Å². The van der Waals surface area contributed by atoms with E-state index in [9.17, 15) is 19.1 Å². The van der Waals surface area contributed by atoms with Crippen molar-refractivity contribution in [1.82, 2.24) is 15.5 Å². The fourth-order valence-corrected chi connectivity index (χ4v) is 3.77. The minimum atomic E-state index is -0.526. The van der Waals surface area contributed by atoms with Gasteiger partial charge in [-0.05, 0) is 43.5 Å². The third kappa shape index (κ3) is 7.73. The third-order valence-corrected chi connectivity index (χ3v) is 5.47. The zero-order chi connectivity index (χ0) is 22.1. The first-order chi connectivity index (χ1) is 15.0. The summed E-state index contributed by atoms with van der Waals surface area (Å²) < 4.78 is 24.2. The zero-order valence-electron chi connectivity index (χ0n) is 17.5. The van der Waals surface area contributed by atoms with Gasteiger partial charge in [0.15, 0.2) is 0 Å². The molecular formula is C21H31FN4O5. The molecule has 0 aromatic heterocycles. The van der Waals surface area contributed by atoms with Gasteiger partial charge < -0.3 is 30.5 Å². The first-order valence-electron chi connectivity index (χ1n) is 10.7.